The minimum absolute atomic E-state index is 0.123. The molecule has 1 aliphatic carbocycles. The molecule has 0 atom stereocenters. The van der Waals surface area contributed by atoms with Crippen LogP contribution in [-0.4, -0.2) is 42.8 Å². The largest absolute Gasteiger partial charge is 0.299 e. The molecule has 0 amide bonds. The summed E-state index contributed by atoms with van der Waals surface area (Å²) < 4.78 is 31.4. The van der Waals surface area contributed by atoms with Crippen LogP contribution in [0.3, 0.4) is 0 Å². The molecule has 1 rings (SSSR count). The van der Waals surface area contributed by atoms with Gasteiger partial charge in [-0.2, -0.15) is 8.42 Å². The van der Waals surface area contributed by atoms with Crippen molar-refractivity contribution in [3.8, 4) is 0 Å². The van der Waals surface area contributed by atoms with Gasteiger partial charge >= 0.3 is 0 Å². The minimum atomic E-state index is -3.86. The van der Waals surface area contributed by atoms with Crippen molar-refractivity contribution >= 4 is 10.1 Å². The van der Waals surface area contributed by atoms with Crippen molar-refractivity contribution in [1.29, 1.82) is 0 Å². The van der Waals surface area contributed by atoms with Gasteiger partial charge in [-0.05, 0) is 25.8 Å². The normalized spacial score (nSPS) is 16.0. The fourth-order valence-corrected chi connectivity index (χ4v) is 5.13. The van der Waals surface area contributed by atoms with Gasteiger partial charge in [0.1, 0.15) is 0 Å². The lowest BCUT2D eigenvalue weighted by atomic mass is 9.94. The molecular formula is C24H49NO3S. The van der Waals surface area contributed by atoms with Crippen molar-refractivity contribution in [3.05, 3.63) is 0 Å². The Morgan fingerprint density at radius 2 is 1.14 bits per heavy atom. The molecule has 0 saturated heterocycles. The SMILES string of the molecule is CCCCCCCCCCCCCCCCN(CCS(=O)(=O)O)C1CCCCC1. The van der Waals surface area contributed by atoms with Crippen LogP contribution in [0.2, 0.25) is 0 Å². The van der Waals surface area contributed by atoms with E-state index in [1.165, 1.54) is 116 Å². The van der Waals surface area contributed by atoms with Gasteiger partial charge in [-0.3, -0.25) is 9.45 Å². The molecule has 1 saturated carbocycles. The lowest BCUT2D eigenvalue weighted by Gasteiger charge is -2.34. The highest BCUT2D eigenvalue weighted by Gasteiger charge is 2.22. The van der Waals surface area contributed by atoms with Gasteiger partial charge in [0, 0.05) is 12.6 Å². The van der Waals surface area contributed by atoms with E-state index < -0.39 is 10.1 Å². The molecule has 5 heteroatoms. The molecule has 0 heterocycles. The summed E-state index contributed by atoms with van der Waals surface area (Å²) >= 11 is 0. The third-order valence-electron chi connectivity index (χ3n) is 6.53. The maximum atomic E-state index is 11.1. The summed E-state index contributed by atoms with van der Waals surface area (Å²) in [5, 5.41) is 0. The molecule has 1 N–H and O–H groups in total. The molecule has 0 aliphatic heterocycles. The summed E-state index contributed by atoms with van der Waals surface area (Å²) in [6.45, 7) is 3.75. The molecule has 1 aliphatic rings. The van der Waals surface area contributed by atoms with Gasteiger partial charge in [0.25, 0.3) is 10.1 Å². The molecule has 0 radical (unpaired) electrons. The van der Waals surface area contributed by atoms with Crippen molar-refractivity contribution in [1.82, 2.24) is 4.90 Å². The van der Waals surface area contributed by atoms with E-state index in [4.69, 9.17) is 4.55 Å². The van der Waals surface area contributed by atoms with Crippen molar-refractivity contribution in [2.45, 2.75) is 135 Å². The Kier molecular flexibility index (Phi) is 16.3. The zero-order valence-electron chi connectivity index (χ0n) is 19.3. The molecule has 0 aromatic carbocycles. The highest BCUT2D eigenvalue weighted by molar-refractivity contribution is 7.85. The van der Waals surface area contributed by atoms with Crippen LogP contribution in [-0.2, 0) is 10.1 Å². The van der Waals surface area contributed by atoms with Gasteiger partial charge < -0.3 is 0 Å². The van der Waals surface area contributed by atoms with Gasteiger partial charge in [-0.1, -0.05) is 110 Å². The Hall–Kier alpha value is -0.130. The maximum Gasteiger partial charge on any atom is 0.266 e. The van der Waals surface area contributed by atoms with Crippen LogP contribution in [0.25, 0.3) is 0 Å². The molecule has 4 nitrogen and oxygen atoms in total. The zero-order valence-corrected chi connectivity index (χ0v) is 20.1. The van der Waals surface area contributed by atoms with E-state index >= 15 is 0 Å². The molecule has 1 fully saturated rings. The number of hydrogen-bond acceptors (Lipinski definition) is 3. The van der Waals surface area contributed by atoms with E-state index in [0.717, 1.165) is 13.0 Å². The van der Waals surface area contributed by atoms with Crippen molar-refractivity contribution in [3.63, 3.8) is 0 Å². The molecule has 0 aromatic rings. The number of hydrogen-bond donors (Lipinski definition) is 1. The summed E-state index contributed by atoms with van der Waals surface area (Å²) in [5.74, 6) is -0.123. The quantitative estimate of drug-likeness (QED) is 0.177. The molecule has 174 valence electrons. The highest BCUT2D eigenvalue weighted by atomic mass is 32.2. The number of nitrogens with zero attached hydrogens (tertiary/aromatic N) is 1. The Balaban J connectivity index is 2.01. The van der Waals surface area contributed by atoms with Crippen molar-refractivity contribution < 1.29 is 13.0 Å². The van der Waals surface area contributed by atoms with Gasteiger partial charge in [-0.15, -0.1) is 0 Å². The van der Waals surface area contributed by atoms with Crippen molar-refractivity contribution in [2.75, 3.05) is 18.8 Å². The third kappa shape index (κ3) is 16.3. The van der Waals surface area contributed by atoms with Crippen LogP contribution in [0.1, 0.15) is 129 Å². The molecule has 0 unspecified atom stereocenters. The van der Waals surface area contributed by atoms with E-state index in [0.29, 0.717) is 12.6 Å². The van der Waals surface area contributed by atoms with Crippen LogP contribution in [0.4, 0.5) is 0 Å². The minimum Gasteiger partial charge on any atom is -0.299 e. The van der Waals surface area contributed by atoms with E-state index in [2.05, 4.69) is 11.8 Å². The predicted molar refractivity (Wildman–Crippen MR) is 125 cm³/mol. The smallest absolute Gasteiger partial charge is 0.266 e. The fraction of sp³-hybridized carbons (Fsp3) is 1.00. The highest BCUT2D eigenvalue weighted by Crippen LogP contribution is 2.23. The molecule has 0 spiro atoms. The van der Waals surface area contributed by atoms with E-state index in [1.54, 1.807) is 0 Å². The van der Waals surface area contributed by atoms with Crippen LogP contribution < -0.4 is 0 Å². The maximum absolute atomic E-state index is 11.1. The van der Waals surface area contributed by atoms with Crippen LogP contribution in [0, 0.1) is 0 Å². The second kappa shape index (κ2) is 17.5. The first-order valence-electron chi connectivity index (χ1n) is 12.7. The second-order valence-electron chi connectivity index (χ2n) is 9.21. The lowest BCUT2D eigenvalue weighted by molar-refractivity contribution is 0.160. The zero-order chi connectivity index (χ0) is 21.2. The van der Waals surface area contributed by atoms with E-state index in [-0.39, 0.29) is 5.75 Å². The average Bonchev–Trinajstić information content (AvgIpc) is 2.70. The lowest BCUT2D eigenvalue weighted by Crippen LogP contribution is -2.40. The first kappa shape index (κ1) is 26.9. The number of rotatable bonds is 19. The summed E-state index contributed by atoms with van der Waals surface area (Å²) in [6.07, 6.45) is 25.2. The van der Waals surface area contributed by atoms with Gasteiger partial charge in [0.15, 0.2) is 0 Å². The first-order chi connectivity index (χ1) is 14.0. The summed E-state index contributed by atoms with van der Waals surface area (Å²) in [7, 11) is -3.86. The van der Waals surface area contributed by atoms with E-state index in [1.807, 2.05) is 0 Å². The van der Waals surface area contributed by atoms with Crippen LogP contribution >= 0.6 is 0 Å². The first-order valence-corrected chi connectivity index (χ1v) is 14.3. The Morgan fingerprint density at radius 3 is 1.59 bits per heavy atom. The summed E-state index contributed by atoms with van der Waals surface area (Å²) in [6, 6.07) is 0.521. The van der Waals surface area contributed by atoms with Gasteiger partial charge in [-0.25, -0.2) is 0 Å². The summed E-state index contributed by atoms with van der Waals surface area (Å²) in [4.78, 5) is 2.34. The Bertz CT molecular complexity index is 461. The van der Waals surface area contributed by atoms with Crippen LogP contribution in [0.15, 0.2) is 0 Å². The molecular weight excluding hydrogens is 382 g/mol. The second-order valence-corrected chi connectivity index (χ2v) is 10.8. The summed E-state index contributed by atoms with van der Waals surface area (Å²) in [5.41, 5.74) is 0. The van der Waals surface area contributed by atoms with Gasteiger partial charge in [0.05, 0.1) is 5.75 Å². The topological polar surface area (TPSA) is 57.6 Å². The standard InChI is InChI=1S/C24H49NO3S/c1-2-3-4-5-6-7-8-9-10-11-12-13-14-18-21-25(22-23-29(26,27)28)24-19-16-15-17-20-24/h24H,2-23H2,1H3,(H,26,27,28). The molecule has 0 aromatic heterocycles. The number of unbranched alkanes of at least 4 members (excludes halogenated alkanes) is 13. The molecule has 29 heavy (non-hydrogen) atoms. The van der Waals surface area contributed by atoms with E-state index in [9.17, 15) is 8.42 Å². The third-order valence-corrected chi connectivity index (χ3v) is 7.22. The molecule has 0 bridgehead atoms. The monoisotopic (exact) mass is 431 g/mol. The Morgan fingerprint density at radius 1 is 0.690 bits per heavy atom. The van der Waals surface area contributed by atoms with Gasteiger partial charge in [0.2, 0.25) is 0 Å². The predicted octanol–water partition coefficient (Wildman–Crippen LogP) is 6.99. The van der Waals surface area contributed by atoms with Crippen LogP contribution in [0.5, 0.6) is 0 Å². The Labute approximate surface area is 182 Å². The fourth-order valence-electron chi connectivity index (χ4n) is 4.67. The average molecular weight is 432 g/mol. The van der Waals surface area contributed by atoms with Crippen molar-refractivity contribution in [2.24, 2.45) is 0 Å².